The van der Waals surface area contributed by atoms with Crippen molar-refractivity contribution >= 4 is 29.2 Å². The normalized spacial score (nSPS) is 10.6. The molecule has 0 saturated heterocycles. The Balaban J connectivity index is 2.21. The molecule has 0 aliphatic heterocycles. The molecule has 5 nitrogen and oxygen atoms in total. The van der Waals surface area contributed by atoms with Crippen LogP contribution in [0.1, 0.15) is 10.6 Å². The van der Waals surface area contributed by atoms with Crippen molar-refractivity contribution in [3.05, 3.63) is 58.6 Å². The predicted molar refractivity (Wildman–Crippen MR) is 84.2 cm³/mol. The number of aromatic carboxylic acids is 1. The number of rotatable bonds is 3. The van der Waals surface area contributed by atoms with Gasteiger partial charge in [-0.15, -0.1) is 0 Å². The van der Waals surface area contributed by atoms with E-state index in [0.29, 0.717) is 27.0 Å². The van der Waals surface area contributed by atoms with Crippen molar-refractivity contribution in [1.29, 1.82) is 0 Å². The van der Waals surface area contributed by atoms with Crippen LogP contribution in [0.2, 0.25) is 10.0 Å². The molecule has 22 heavy (non-hydrogen) atoms. The van der Waals surface area contributed by atoms with Crippen LogP contribution in [-0.4, -0.2) is 26.0 Å². The molecule has 3 aromatic rings. The highest BCUT2D eigenvalue weighted by Gasteiger charge is 2.18. The van der Waals surface area contributed by atoms with E-state index in [2.05, 4.69) is 15.0 Å². The van der Waals surface area contributed by atoms with E-state index in [0.717, 1.165) is 5.56 Å². The van der Waals surface area contributed by atoms with Crippen LogP contribution in [0.5, 0.6) is 0 Å². The van der Waals surface area contributed by atoms with Gasteiger partial charge in [-0.1, -0.05) is 29.3 Å². The molecule has 0 amide bonds. The lowest BCUT2D eigenvalue weighted by Gasteiger charge is -2.04. The number of pyridine rings is 1. The Morgan fingerprint density at radius 1 is 1.05 bits per heavy atom. The van der Waals surface area contributed by atoms with E-state index in [4.69, 9.17) is 28.3 Å². The number of nitrogens with zero attached hydrogens (tertiary/aromatic N) is 2. The van der Waals surface area contributed by atoms with Crippen LogP contribution in [0.4, 0.5) is 0 Å². The summed E-state index contributed by atoms with van der Waals surface area (Å²) in [5.74, 6) is -1.28. The number of aromatic nitrogens is 3. The topological polar surface area (TPSA) is 78.9 Å². The second kappa shape index (κ2) is 5.79. The molecule has 0 unspecified atom stereocenters. The van der Waals surface area contributed by atoms with Gasteiger partial charge in [0.25, 0.3) is 0 Å². The van der Waals surface area contributed by atoms with Crippen LogP contribution in [0.25, 0.3) is 22.5 Å². The fourth-order valence-electron chi connectivity index (χ4n) is 2.05. The standard InChI is InChI=1S/C15H9Cl2N3O2/c16-10-2-1-9(7-11(10)17)13-12(8-3-5-18-6-4-8)19-14(20-13)15(21)22/h1-7H,(H,19,20)(H,21,22). The number of halogens is 2. The fourth-order valence-corrected chi connectivity index (χ4v) is 2.35. The SMILES string of the molecule is O=C(O)c1nc(-c2ccc(Cl)c(Cl)c2)c(-c2ccncc2)[nH]1. The van der Waals surface area contributed by atoms with Crippen molar-refractivity contribution in [2.24, 2.45) is 0 Å². The molecule has 0 aliphatic carbocycles. The van der Waals surface area contributed by atoms with Gasteiger partial charge in [0.15, 0.2) is 0 Å². The minimum absolute atomic E-state index is 0.145. The summed E-state index contributed by atoms with van der Waals surface area (Å²) in [5.41, 5.74) is 2.52. The summed E-state index contributed by atoms with van der Waals surface area (Å²) in [6, 6.07) is 8.56. The van der Waals surface area contributed by atoms with E-state index in [-0.39, 0.29) is 5.82 Å². The Morgan fingerprint density at radius 2 is 1.77 bits per heavy atom. The first-order chi connectivity index (χ1) is 10.6. The molecule has 0 saturated carbocycles. The third-order valence-corrected chi connectivity index (χ3v) is 3.81. The Morgan fingerprint density at radius 3 is 2.41 bits per heavy atom. The first-order valence-electron chi connectivity index (χ1n) is 6.25. The molecule has 2 N–H and O–H groups in total. The molecule has 7 heteroatoms. The molecule has 110 valence electrons. The van der Waals surface area contributed by atoms with Crippen LogP contribution >= 0.6 is 23.2 Å². The van der Waals surface area contributed by atoms with Crippen LogP contribution < -0.4 is 0 Å². The Kier molecular flexibility index (Phi) is 3.83. The summed E-state index contributed by atoms with van der Waals surface area (Å²) in [7, 11) is 0. The van der Waals surface area contributed by atoms with E-state index in [9.17, 15) is 4.79 Å². The predicted octanol–water partition coefficient (Wildman–Crippen LogP) is 4.14. The van der Waals surface area contributed by atoms with E-state index in [1.165, 1.54) is 0 Å². The zero-order valence-electron chi connectivity index (χ0n) is 11.0. The molecule has 0 bridgehead atoms. The van der Waals surface area contributed by atoms with E-state index >= 15 is 0 Å². The largest absolute Gasteiger partial charge is 0.475 e. The average Bonchev–Trinajstić information content (AvgIpc) is 2.96. The summed E-state index contributed by atoms with van der Waals surface area (Å²) < 4.78 is 0. The van der Waals surface area contributed by atoms with Gasteiger partial charge in [-0.05, 0) is 24.3 Å². The van der Waals surface area contributed by atoms with Gasteiger partial charge in [0.1, 0.15) is 0 Å². The Labute approximate surface area is 135 Å². The van der Waals surface area contributed by atoms with Crippen LogP contribution in [-0.2, 0) is 0 Å². The number of hydrogen-bond acceptors (Lipinski definition) is 3. The molecule has 0 atom stereocenters. The molecule has 0 fully saturated rings. The number of imidazole rings is 1. The number of benzene rings is 1. The fraction of sp³-hybridized carbons (Fsp3) is 0. The monoisotopic (exact) mass is 333 g/mol. The number of carbonyl (C=O) groups is 1. The van der Waals surface area contributed by atoms with Gasteiger partial charge in [-0.3, -0.25) is 4.98 Å². The summed E-state index contributed by atoms with van der Waals surface area (Å²) in [5, 5.41) is 9.96. The average molecular weight is 334 g/mol. The number of carboxylic acids is 1. The quantitative estimate of drug-likeness (QED) is 0.754. The van der Waals surface area contributed by atoms with Gasteiger partial charge in [-0.25, -0.2) is 9.78 Å². The van der Waals surface area contributed by atoms with Crippen molar-refractivity contribution in [2.75, 3.05) is 0 Å². The summed E-state index contributed by atoms with van der Waals surface area (Å²) in [4.78, 5) is 22.1. The highest BCUT2D eigenvalue weighted by atomic mass is 35.5. The van der Waals surface area contributed by atoms with Gasteiger partial charge < -0.3 is 10.1 Å². The summed E-state index contributed by atoms with van der Waals surface area (Å²) >= 11 is 12.0. The molecule has 1 aromatic carbocycles. The molecule has 2 heterocycles. The highest BCUT2D eigenvalue weighted by Crippen LogP contribution is 2.33. The zero-order chi connectivity index (χ0) is 15.7. The minimum atomic E-state index is -1.14. The number of nitrogens with one attached hydrogen (secondary N) is 1. The van der Waals surface area contributed by atoms with Gasteiger partial charge in [0.05, 0.1) is 21.4 Å². The van der Waals surface area contributed by atoms with Crippen molar-refractivity contribution in [3.63, 3.8) is 0 Å². The van der Waals surface area contributed by atoms with Crippen molar-refractivity contribution in [3.8, 4) is 22.5 Å². The third-order valence-electron chi connectivity index (χ3n) is 3.07. The van der Waals surface area contributed by atoms with Crippen molar-refractivity contribution < 1.29 is 9.90 Å². The lowest BCUT2D eigenvalue weighted by molar-refractivity contribution is 0.0685. The van der Waals surface area contributed by atoms with Crippen LogP contribution in [0.3, 0.4) is 0 Å². The zero-order valence-corrected chi connectivity index (χ0v) is 12.6. The Hall–Kier alpha value is -2.37. The lowest BCUT2D eigenvalue weighted by atomic mass is 10.1. The van der Waals surface area contributed by atoms with E-state index < -0.39 is 5.97 Å². The molecule has 0 radical (unpaired) electrons. The maximum absolute atomic E-state index is 11.2. The smallest absolute Gasteiger partial charge is 0.371 e. The number of H-pyrrole nitrogens is 1. The second-order valence-corrected chi connectivity index (χ2v) is 5.29. The maximum Gasteiger partial charge on any atom is 0.371 e. The van der Waals surface area contributed by atoms with Gasteiger partial charge in [0.2, 0.25) is 5.82 Å². The summed E-state index contributed by atoms with van der Waals surface area (Å²) in [6.45, 7) is 0. The summed E-state index contributed by atoms with van der Waals surface area (Å²) in [6.07, 6.45) is 3.24. The number of aromatic amines is 1. The third kappa shape index (κ3) is 2.68. The van der Waals surface area contributed by atoms with Crippen molar-refractivity contribution in [2.45, 2.75) is 0 Å². The number of carboxylic acid groups (broad SMARTS) is 1. The molecule has 0 aliphatic rings. The molecule has 3 rings (SSSR count). The van der Waals surface area contributed by atoms with E-state index in [1.807, 2.05) is 0 Å². The highest BCUT2D eigenvalue weighted by molar-refractivity contribution is 6.42. The maximum atomic E-state index is 11.2. The van der Waals surface area contributed by atoms with Crippen LogP contribution in [0, 0.1) is 0 Å². The first-order valence-corrected chi connectivity index (χ1v) is 7.01. The molecule has 2 aromatic heterocycles. The van der Waals surface area contributed by atoms with Gasteiger partial charge >= 0.3 is 5.97 Å². The van der Waals surface area contributed by atoms with Crippen LogP contribution in [0.15, 0.2) is 42.7 Å². The molecular formula is C15H9Cl2N3O2. The molecule has 0 spiro atoms. The van der Waals surface area contributed by atoms with Gasteiger partial charge in [0, 0.05) is 23.5 Å². The van der Waals surface area contributed by atoms with Crippen molar-refractivity contribution in [1.82, 2.24) is 15.0 Å². The minimum Gasteiger partial charge on any atom is -0.475 e. The lowest BCUT2D eigenvalue weighted by Crippen LogP contribution is -1.98. The first kappa shape index (κ1) is 14.6. The van der Waals surface area contributed by atoms with Gasteiger partial charge in [-0.2, -0.15) is 0 Å². The van der Waals surface area contributed by atoms with E-state index in [1.54, 1.807) is 42.7 Å². The second-order valence-electron chi connectivity index (χ2n) is 4.48. The Bertz CT molecular complexity index is 847. The number of hydrogen-bond donors (Lipinski definition) is 2. The molecular weight excluding hydrogens is 325 g/mol.